The van der Waals surface area contributed by atoms with Crippen LogP contribution < -0.4 is 0 Å². The quantitative estimate of drug-likeness (QED) is 0.197. The number of fused-ring (bicyclic) bond motifs is 7. The van der Waals surface area contributed by atoms with E-state index in [0.717, 1.165) is 55.0 Å². The van der Waals surface area contributed by atoms with Gasteiger partial charge in [0, 0.05) is 39.7 Å². The van der Waals surface area contributed by atoms with E-state index in [1.54, 1.807) is 0 Å². The highest BCUT2D eigenvalue weighted by Gasteiger charge is 2.22. The lowest BCUT2D eigenvalue weighted by atomic mass is 9.93. The van der Waals surface area contributed by atoms with Gasteiger partial charge in [-0.25, -0.2) is 9.97 Å². The molecule has 0 unspecified atom stereocenters. The van der Waals surface area contributed by atoms with E-state index in [4.69, 9.17) is 9.97 Å². The maximum Gasteiger partial charge on any atom is 0.140 e. The molecule has 0 atom stereocenters. The molecule has 7 aromatic rings. The molecule has 3 nitrogen and oxygen atoms in total. The number of pyridine rings is 1. The number of para-hydroxylation sites is 1. The first-order chi connectivity index (χ1) is 17.2. The van der Waals surface area contributed by atoms with Crippen LogP contribution in [0.25, 0.3) is 66.1 Å². The van der Waals surface area contributed by atoms with Crippen molar-refractivity contribution in [1.82, 2.24) is 14.5 Å². The minimum Gasteiger partial charge on any atom is -0.327 e. The summed E-state index contributed by atoms with van der Waals surface area (Å²) in [5.74, 6) is 0.963. The summed E-state index contributed by atoms with van der Waals surface area (Å²) in [6.07, 6.45) is 0. The molecule has 0 amide bonds. The Bertz CT molecular complexity index is 1900. The molecule has 0 saturated carbocycles. The van der Waals surface area contributed by atoms with Crippen LogP contribution >= 0.6 is 0 Å². The predicted molar refractivity (Wildman–Crippen MR) is 147 cm³/mol. The van der Waals surface area contributed by atoms with Gasteiger partial charge in [-0.2, -0.15) is 0 Å². The van der Waals surface area contributed by atoms with Crippen molar-refractivity contribution in [2.45, 2.75) is 6.92 Å². The lowest BCUT2D eigenvalue weighted by Gasteiger charge is -2.15. The molecule has 0 radical (unpaired) electrons. The average Bonchev–Trinajstić information content (AvgIpc) is 3.25. The Morgan fingerprint density at radius 3 is 1.94 bits per heavy atom. The van der Waals surface area contributed by atoms with E-state index in [9.17, 15) is 0 Å². The molecule has 0 N–H and O–H groups in total. The van der Waals surface area contributed by atoms with Crippen molar-refractivity contribution in [2.24, 2.45) is 7.05 Å². The van der Waals surface area contributed by atoms with Crippen molar-refractivity contribution < 1.29 is 0 Å². The smallest absolute Gasteiger partial charge is 0.140 e. The van der Waals surface area contributed by atoms with Crippen molar-refractivity contribution in [1.29, 1.82) is 0 Å². The minimum absolute atomic E-state index is 0.963. The van der Waals surface area contributed by atoms with E-state index in [1.165, 1.54) is 16.7 Å². The van der Waals surface area contributed by atoms with Gasteiger partial charge >= 0.3 is 0 Å². The van der Waals surface area contributed by atoms with E-state index in [2.05, 4.69) is 122 Å². The Morgan fingerprint density at radius 2 is 1.20 bits per heavy atom. The van der Waals surface area contributed by atoms with E-state index in [1.807, 2.05) is 0 Å². The molecule has 166 valence electrons. The van der Waals surface area contributed by atoms with Crippen molar-refractivity contribution in [2.75, 3.05) is 0 Å². The normalized spacial score (nSPS) is 11.7. The van der Waals surface area contributed by atoms with Gasteiger partial charge in [0.15, 0.2) is 0 Å². The van der Waals surface area contributed by atoms with Crippen molar-refractivity contribution in [3.63, 3.8) is 0 Å². The van der Waals surface area contributed by atoms with Crippen molar-refractivity contribution in [3.8, 4) is 22.5 Å². The monoisotopic (exact) mass is 449 g/mol. The van der Waals surface area contributed by atoms with Gasteiger partial charge in [-0.15, -0.1) is 0 Å². The number of aryl methyl sites for hydroxylation is 2. The number of imidazole rings is 1. The maximum atomic E-state index is 5.24. The fraction of sp³-hybridized carbons (Fsp3) is 0.0625. The van der Waals surface area contributed by atoms with Crippen molar-refractivity contribution >= 4 is 43.6 Å². The summed E-state index contributed by atoms with van der Waals surface area (Å²) in [4.78, 5) is 10.5. The van der Waals surface area contributed by atoms with Crippen LogP contribution in [-0.2, 0) is 7.05 Å². The lowest BCUT2D eigenvalue weighted by molar-refractivity contribution is 0.962. The van der Waals surface area contributed by atoms with Gasteiger partial charge in [0.25, 0.3) is 0 Å². The number of benzene rings is 5. The third-order valence-corrected chi connectivity index (χ3v) is 7.03. The summed E-state index contributed by atoms with van der Waals surface area (Å²) in [6.45, 7) is 2.11. The first kappa shape index (κ1) is 19.9. The lowest BCUT2D eigenvalue weighted by Crippen LogP contribution is -1.96. The molecule has 0 spiro atoms. The predicted octanol–water partition coefficient (Wildman–Crippen LogP) is 8.07. The van der Waals surface area contributed by atoms with Crippen LogP contribution in [0.4, 0.5) is 0 Å². The SMILES string of the molecule is Cc1ccc(-c2nc3c4ccccc4c4nc5ccccc5c(-c5ccccc5)c4c3n2C)cc1. The van der Waals surface area contributed by atoms with Gasteiger partial charge in [0.1, 0.15) is 5.82 Å². The second-order valence-corrected chi connectivity index (χ2v) is 9.20. The zero-order valence-electron chi connectivity index (χ0n) is 19.7. The first-order valence-electron chi connectivity index (χ1n) is 11.9. The molecule has 0 saturated heterocycles. The van der Waals surface area contributed by atoms with Crippen LogP contribution in [0.1, 0.15) is 5.56 Å². The Labute approximate surface area is 203 Å². The molecule has 35 heavy (non-hydrogen) atoms. The number of hydrogen-bond donors (Lipinski definition) is 0. The molecule has 0 fully saturated rings. The van der Waals surface area contributed by atoms with E-state index in [-0.39, 0.29) is 0 Å². The van der Waals surface area contributed by atoms with Gasteiger partial charge in [-0.05, 0) is 18.6 Å². The van der Waals surface area contributed by atoms with Crippen LogP contribution in [0.15, 0.2) is 103 Å². The number of aromatic nitrogens is 3. The summed E-state index contributed by atoms with van der Waals surface area (Å²) >= 11 is 0. The average molecular weight is 450 g/mol. The largest absolute Gasteiger partial charge is 0.327 e. The highest BCUT2D eigenvalue weighted by atomic mass is 15.1. The molecule has 0 aliphatic heterocycles. The van der Waals surface area contributed by atoms with Crippen LogP contribution in [-0.4, -0.2) is 14.5 Å². The van der Waals surface area contributed by atoms with Crippen molar-refractivity contribution in [3.05, 3.63) is 109 Å². The highest BCUT2D eigenvalue weighted by molar-refractivity contribution is 6.29. The second-order valence-electron chi connectivity index (χ2n) is 9.20. The summed E-state index contributed by atoms with van der Waals surface area (Å²) in [7, 11) is 2.13. The van der Waals surface area contributed by atoms with E-state index < -0.39 is 0 Å². The van der Waals surface area contributed by atoms with Gasteiger partial charge in [0.2, 0.25) is 0 Å². The molecule has 7 rings (SSSR count). The molecule has 0 bridgehead atoms. The first-order valence-corrected chi connectivity index (χ1v) is 11.9. The van der Waals surface area contributed by atoms with E-state index >= 15 is 0 Å². The number of rotatable bonds is 2. The highest BCUT2D eigenvalue weighted by Crippen LogP contribution is 2.43. The maximum absolute atomic E-state index is 5.24. The Kier molecular flexibility index (Phi) is 4.27. The fourth-order valence-electron chi connectivity index (χ4n) is 5.37. The fourth-order valence-corrected chi connectivity index (χ4v) is 5.37. The Hall–Kier alpha value is -4.50. The zero-order chi connectivity index (χ0) is 23.5. The van der Waals surface area contributed by atoms with Crippen LogP contribution in [0.5, 0.6) is 0 Å². The molecule has 5 aromatic carbocycles. The molecule has 3 heteroatoms. The minimum atomic E-state index is 0.963. The molecule has 0 aliphatic rings. The van der Waals surface area contributed by atoms with Gasteiger partial charge in [0.05, 0.1) is 22.1 Å². The molecule has 2 aromatic heterocycles. The van der Waals surface area contributed by atoms with Gasteiger partial charge < -0.3 is 4.57 Å². The zero-order valence-corrected chi connectivity index (χ0v) is 19.7. The van der Waals surface area contributed by atoms with E-state index in [0.29, 0.717) is 0 Å². The molecule has 0 aliphatic carbocycles. The topological polar surface area (TPSA) is 30.7 Å². The summed E-state index contributed by atoms with van der Waals surface area (Å²) in [6, 6.07) is 36.3. The third-order valence-electron chi connectivity index (χ3n) is 7.03. The standard InChI is InChI=1S/C32H23N3/c1-20-16-18-22(19-17-20)32-34-30-24-13-7-6-12-23(24)29-28(31(30)35(32)2)27(21-10-4-3-5-11-21)25-14-8-9-15-26(25)33-29/h3-19H,1-2H3. The molecule has 2 heterocycles. The molecular formula is C32H23N3. The summed E-state index contributed by atoms with van der Waals surface area (Å²) < 4.78 is 2.25. The second kappa shape index (κ2) is 7.51. The van der Waals surface area contributed by atoms with Gasteiger partial charge in [-0.3, -0.25) is 0 Å². The number of nitrogens with zero attached hydrogens (tertiary/aromatic N) is 3. The molecular weight excluding hydrogens is 426 g/mol. The van der Waals surface area contributed by atoms with Crippen LogP contribution in [0, 0.1) is 6.92 Å². The summed E-state index contributed by atoms with van der Waals surface area (Å²) in [5, 5.41) is 4.56. The number of hydrogen-bond acceptors (Lipinski definition) is 2. The van der Waals surface area contributed by atoms with Crippen LogP contribution in [0.3, 0.4) is 0 Å². The van der Waals surface area contributed by atoms with Crippen LogP contribution in [0.2, 0.25) is 0 Å². The summed E-state index contributed by atoms with van der Waals surface area (Å²) in [5.41, 5.74) is 8.90. The third kappa shape index (κ3) is 2.91. The Balaban J connectivity index is 1.77. The Morgan fingerprint density at radius 1 is 0.571 bits per heavy atom. The van der Waals surface area contributed by atoms with Gasteiger partial charge in [-0.1, -0.05) is 103 Å².